The molecule has 2 nitrogen and oxygen atoms in total. The molecule has 0 aliphatic rings. The largest absolute Gasteiger partial charge is 0.497 e. The predicted molar refractivity (Wildman–Crippen MR) is 105 cm³/mol. The Morgan fingerprint density at radius 2 is 1.48 bits per heavy atom. The molecule has 0 atom stereocenters. The topological polar surface area (TPSA) is 18.5 Å². The first-order chi connectivity index (χ1) is 12.3. The Hall–Kier alpha value is -3.00. The summed E-state index contributed by atoms with van der Waals surface area (Å²) in [5.41, 5.74) is 2.45. The van der Waals surface area contributed by atoms with Crippen LogP contribution in [0.2, 0.25) is 0 Å². The summed E-state index contributed by atoms with van der Waals surface area (Å²) in [7, 11) is 1.70. The lowest BCUT2D eigenvalue weighted by molar-refractivity contribution is 0.341. The van der Waals surface area contributed by atoms with Gasteiger partial charge in [-0.15, -0.1) is 0 Å². The standard InChI is InChI=1S/C23H20O2/c1-3-25-21-10-9-16-13-19(8-7-17(16)14-21)22-6-4-5-18-15-20(24-2)11-12-23(18)22/h4-15H,3H2,1-2H3. The zero-order valence-electron chi connectivity index (χ0n) is 14.5. The van der Waals surface area contributed by atoms with Gasteiger partial charge < -0.3 is 9.47 Å². The minimum Gasteiger partial charge on any atom is -0.497 e. The highest BCUT2D eigenvalue weighted by atomic mass is 16.5. The van der Waals surface area contributed by atoms with Gasteiger partial charge in [-0.05, 0) is 69.9 Å². The van der Waals surface area contributed by atoms with Crippen LogP contribution in [0.25, 0.3) is 32.7 Å². The highest BCUT2D eigenvalue weighted by molar-refractivity contribution is 5.99. The van der Waals surface area contributed by atoms with E-state index in [9.17, 15) is 0 Å². The Kier molecular flexibility index (Phi) is 4.02. The lowest BCUT2D eigenvalue weighted by atomic mass is 9.96. The Morgan fingerprint density at radius 1 is 0.720 bits per heavy atom. The number of benzene rings is 4. The van der Waals surface area contributed by atoms with Crippen molar-refractivity contribution in [2.75, 3.05) is 13.7 Å². The van der Waals surface area contributed by atoms with Gasteiger partial charge in [-0.3, -0.25) is 0 Å². The molecule has 0 saturated heterocycles. The van der Waals surface area contributed by atoms with Crippen molar-refractivity contribution in [3.63, 3.8) is 0 Å². The molecule has 0 amide bonds. The van der Waals surface area contributed by atoms with Crippen LogP contribution in [0.5, 0.6) is 11.5 Å². The summed E-state index contributed by atoms with van der Waals surface area (Å²) in [6.07, 6.45) is 0. The van der Waals surface area contributed by atoms with Gasteiger partial charge in [0.25, 0.3) is 0 Å². The minimum absolute atomic E-state index is 0.684. The van der Waals surface area contributed by atoms with Gasteiger partial charge >= 0.3 is 0 Å². The highest BCUT2D eigenvalue weighted by Crippen LogP contribution is 2.33. The summed E-state index contributed by atoms with van der Waals surface area (Å²) in [6.45, 7) is 2.69. The molecule has 0 spiro atoms. The molecule has 4 aromatic carbocycles. The summed E-state index contributed by atoms with van der Waals surface area (Å²) in [5, 5.41) is 4.82. The molecule has 0 N–H and O–H groups in total. The minimum atomic E-state index is 0.684. The van der Waals surface area contributed by atoms with E-state index in [1.54, 1.807) is 7.11 Å². The van der Waals surface area contributed by atoms with Crippen LogP contribution in [0.15, 0.2) is 72.8 Å². The summed E-state index contributed by atoms with van der Waals surface area (Å²) in [4.78, 5) is 0. The molecule has 25 heavy (non-hydrogen) atoms. The van der Waals surface area contributed by atoms with Gasteiger partial charge in [-0.25, -0.2) is 0 Å². The molecule has 0 aromatic heterocycles. The van der Waals surface area contributed by atoms with E-state index < -0.39 is 0 Å². The van der Waals surface area contributed by atoms with Crippen LogP contribution in [-0.2, 0) is 0 Å². The van der Waals surface area contributed by atoms with Crippen molar-refractivity contribution < 1.29 is 9.47 Å². The van der Waals surface area contributed by atoms with E-state index in [0.29, 0.717) is 6.61 Å². The SMILES string of the molecule is CCOc1ccc2cc(-c3cccc4cc(OC)ccc34)ccc2c1. The molecule has 4 aromatic rings. The van der Waals surface area contributed by atoms with E-state index in [1.807, 2.05) is 19.1 Å². The maximum absolute atomic E-state index is 5.60. The molecule has 0 aliphatic heterocycles. The van der Waals surface area contributed by atoms with Crippen LogP contribution < -0.4 is 9.47 Å². The van der Waals surface area contributed by atoms with Crippen LogP contribution in [-0.4, -0.2) is 13.7 Å². The molecular weight excluding hydrogens is 308 g/mol. The number of rotatable bonds is 4. The summed E-state index contributed by atoms with van der Waals surface area (Å²) >= 11 is 0. The van der Waals surface area contributed by atoms with Crippen molar-refractivity contribution in [3.05, 3.63) is 72.8 Å². The maximum Gasteiger partial charge on any atom is 0.119 e. The molecule has 0 saturated carbocycles. The van der Waals surface area contributed by atoms with E-state index in [-0.39, 0.29) is 0 Å². The number of fused-ring (bicyclic) bond motifs is 2. The number of hydrogen-bond donors (Lipinski definition) is 0. The van der Waals surface area contributed by atoms with Crippen molar-refractivity contribution in [2.24, 2.45) is 0 Å². The van der Waals surface area contributed by atoms with E-state index in [4.69, 9.17) is 9.47 Å². The monoisotopic (exact) mass is 328 g/mol. The number of hydrogen-bond acceptors (Lipinski definition) is 2. The third-order valence-electron chi connectivity index (χ3n) is 4.52. The Labute approximate surface area is 147 Å². The Bertz CT molecular complexity index is 1050. The van der Waals surface area contributed by atoms with Crippen molar-refractivity contribution >= 4 is 21.5 Å². The Balaban J connectivity index is 1.84. The molecule has 0 fully saturated rings. The van der Waals surface area contributed by atoms with Crippen molar-refractivity contribution in [2.45, 2.75) is 6.92 Å². The number of methoxy groups -OCH3 is 1. The third-order valence-corrected chi connectivity index (χ3v) is 4.52. The second-order valence-electron chi connectivity index (χ2n) is 6.05. The lowest BCUT2D eigenvalue weighted by Gasteiger charge is -2.10. The first-order valence-electron chi connectivity index (χ1n) is 8.52. The predicted octanol–water partition coefficient (Wildman–Crippen LogP) is 6.07. The molecule has 0 aliphatic carbocycles. The highest BCUT2D eigenvalue weighted by Gasteiger charge is 2.06. The van der Waals surface area contributed by atoms with E-state index in [2.05, 4.69) is 60.7 Å². The van der Waals surface area contributed by atoms with E-state index in [0.717, 1.165) is 11.5 Å². The van der Waals surface area contributed by atoms with Crippen molar-refractivity contribution in [3.8, 4) is 22.6 Å². The quantitative estimate of drug-likeness (QED) is 0.453. The zero-order valence-corrected chi connectivity index (χ0v) is 14.5. The number of ether oxygens (including phenoxy) is 2. The van der Waals surface area contributed by atoms with Gasteiger partial charge in [0.05, 0.1) is 13.7 Å². The fraction of sp³-hybridized carbons (Fsp3) is 0.130. The fourth-order valence-electron chi connectivity index (χ4n) is 3.29. The second kappa shape index (κ2) is 6.48. The first-order valence-corrected chi connectivity index (χ1v) is 8.52. The van der Waals surface area contributed by atoms with Crippen LogP contribution in [0, 0.1) is 0 Å². The molecular formula is C23H20O2. The second-order valence-corrected chi connectivity index (χ2v) is 6.05. The van der Waals surface area contributed by atoms with Crippen LogP contribution in [0.1, 0.15) is 6.92 Å². The van der Waals surface area contributed by atoms with Gasteiger partial charge in [0, 0.05) is 0 Å². The lowest BCUT2D eigenvalue weighted by Crippen LogP contribution is -1.90. The van der Waals surface area contributed by atoms with Gasteiger partial charge in [0.1, 0.15) is 11.5 Å². The van der Waals surface area contributed by atoms with E-state index >= 15 is 0 Å². The van der Waals surface area contributed by atoms with Crippen molar-refractivity contribution in [1.82, 2.24) is 0 Å². The summed E-state index contributed by atoms with van der Waals surface area (Å²) in [6, 6.07) is 25.4. The first kappa shape index (κ1) is 15.5. The molecule has 0 heterocycles. The van der Waals surface area contributed by atoms with Crippen LogP contribution in [0.3, 0.4) is 0 Å². The molecule has 4 rings (SSSR count). The zero-order chi connectivity index (χ0) is 17.2. The fourth-order valence-corrected chi connectivity index (χ4v) is 3.29. The molecule has 124 valence electrons. The van der Waals surface area contributed by atoms with Gasteiger partial charge in [0.2, 0.25) is 0 Å². The van der Waals surface area contributed by atoms with Crippen molar-refractivity contribution in [1.29, 1.82) is 0 Å². The molecule has 0 radical (unpaired) electrons. The van der Waals surface area contributed by atoms with Gasteiger partial charge in [-0.1, -0.05) is 42.5 Å². The average Bonchev–Trinajstić information content (AvgIpc) is 2.67. The molecule has 0 unspecified atom stereocenters. The normalized spacial score (nSPS) is 11.0. The molecule has 2 heteroatoms. The van der Waals surface area contributed by atoms with Crippen LogP contribution in [0.4, 0.5) is 0 Å². The molecule has 0 bridgehead atoms. The van der Waals surface area contributed by atoms with Gasteiger partial charge in [0.15, 0.2) is 0 Å². The van der Waals surface area contributed by atoms with E-state index in [1.165, 1.54) is 32.7 Å². The summed E-state index contributed by atoms with van der Waals surface area (Å²) in [5.74, 6) is 1.80. The maximum atomic E-state index is 5.60. The average molecular weight is 328 g/mol. The summed E-state index contributed by atoms with van der Waals surface area (Å²) < 4.78 is 10.9. The van der Waals surface area contributed by atoms with Crippen LogP contribution >= 0.6 is 0 Å². The van der Waals surface area contributed by atoms with Gasteiger partial charge in [-0.2, -0.15) is 0 Å². The smallest absolute Gasteiger partial charge is 0.119 e. The third kappa shape index (κ3) is 2.91. The Morgan fingerprint density at radius 3 is 2.32 bits per heavy atom.